The van der Waals surface area contributed by atoms with Gasteiger partial charge in [0.05, 0.1) is 12.7 Å². The first-order chi connectivity index (χ1) is 6.87. The van der Waals surface area contributed by atoms with Crippen LogP contribution in [0.15, 0.2) is 0 Å². The number of amides is 1. The van der Waals surface area contributed by atoms with E-state index in [0.717, 1.165) is 0 Å². The molecule has 0 spiro atoms. The molecule has 0 aromatic carbocycles. The van der Waals surface area contributed by atoms with E-state index in [1.807, 2.05) is 0 Å². The molecule has 0 aromatic heterocycles. The molecule has 90 valence electrons. The van der Waals surface area contributed by atoms with Gasteiger partial charge in [0.25, 0.3) is 0 Å². The number of carbonyl (C=O) groups excluding carboxylic acids is 1. The van der Waals surface area contributed by atoms with Gasteiger partial charge in [-0.1, -0.05) is 0 Å². The smallest absolute Gasteiger partial charge is 0.421 e. The maximum absolute atomic E-state index is 11.1. The predicted octanol–water partition coefficient (Wildman–Crippen LogP) is -0.662. The number of ether oxygens (including phenoxy) is 1. The van der Waals surface area contributed by atoms with Crippen LogP contribution in [0.2, 0.25) is 0 Å². The molecule has 0 aliphatic rings. The van der Waals surface area contributed by atoms with Crippen molar-refractivity contribution in [2.24, 2.45) is 0 Å². The molecule has 0 aliphatic heterocycles. The summed E-state index contributed by atoms with van der Waals surface area (Å²) >= 11 is 0. The van der Waals surface area contributed by atoms with Crippen LogP contribution in [-0.4, -0.2) is 38.9 Å². The molecule has 0 saturated heterocycles. The van der Waals surface area contributed by atoms with Gasteiger partial charge in [-0.2, -0.15) is 13.1 Å². The van der Waals surface area contributed by atoms with Gasteiger partial charge in [-0.05, 0) is 20.3 Å². The van der Waals surface area contributed by atoms with Crippen LogP contribution in [-0.2, 0) is 14.9 Å². The van der Waals surface area contributed by atoms with Crippen LogP contribution in [0.25, 0.3) is 0 Å². The van der Waals surface area contributed by atoms with Crippen molar-refractivity contribution in [3.05, 3.63) is 0 Å². The van der Waals surface area contributed by atoms with E-state index in [1.165, 1.54) is 6.92 Å². The van der Waals surface area contributed by atoms with E-state index >= 15 is 0 Å². The quantitative estimate of drug-likeness (QED) is 0.571. The van der Waals surface area contributed by atoms with Gasteiger partial charge in [-0.15, -0.1) is 0 Å². The zero-order valence-corrected chi connectivity index (χ0v) is 9.50. The first-order valence-corrected chi connectivity index (χ1v) is 5.98. The van der Waals surface area contributed by atoms with Gasteiger partial charge >= 0.3 is 16.3 Å². The summed E-state index contributed by atoms with van der Waals surface area (Å²) < 4.78 is 30.3. The van der Waals surface area contributed by atoms with Crippen molar-refractivity contribution in [1.82, 2.24) is 9.44 Å². The molecule has 8 heteroatoms. The Morgan fingerprint density at radius 2 is 2.13 bits per heavy atom. The summed E-state index contributed by atoms with van der Waals surface area (Å²) in [7, 11) is -3.88. The summed E-state index contributed by atoms with van der Waals surface area (Å²) in [5.74, 6) is 0. The van der Waals surface area contributed by atoms with E-state index < -0.39 is 22.4 Å². The number of nitrogens with one attached hydrogen (secondary N) is 2. The molecule has 0 aliphatic carbocycles. The Balaban J connectivity index is 3.92. The average molecular weight is 240 g/mol. The minimum atomic E-state index is -3.88. The lowest BCUT2D eigenvalue weighted by Gasteiger charge is -2.08. The fourth-order valence-electron chi connectivity index (χ4n) is 0.709. The van der Waals surface area contributed by atoms with Crippen LogP contribution in [0.3, 0.4) is 0 Å². The second kappa shape index (κ2) is 6.59. The molecule has 15 heavy (non-hydrogen) atoms. The summed E-state index contributed by atoms with van der Waals surface area (Å²) in [6.45, 7) is 3.24. The predicted molar refractivity (Wildman–Crippen MR) is 53.4 cm³/mol. The highest BCUT2D eigenvalue weighted by molar-refractivity contribution is 7.88. The molecule has 7 nitrogen and oxygen atoms in total. The van der Waals surface area contributed by atoms with Crippen molar-refractivity contribution in [2.45, 2.75) is 26.4 Å². The first-order valence-electron chi connectivity index (χ1n) is 4.49. The maximum atomic E-state index is 11.1. The Labute approximate surface area is 89.0 Å². The molecule has 0 heterocycles. The molecule has 0 bridgehead atoms. The molecular formula is C7H16N2O5S. The molecule has 1 unspecified atom stereocenters. The molecule has 0 saturated carbocycles. The van der Waals surface area contributed by atoms with E-state index in [-0.39, 0.29) is 19.6 Å². The van der Waals surface area contributed by atoms with E-state index in [1.54, 1.807) is 11.6 Å². The van der Waals surface area contributed by atoms with Crippen molar-refractivity contribution < 1.29 is 23.1 Å². The summed E-state index contributed by atoms with van der Waals surface area (Å²) in [4.78, 5) is 10.8. The highest BCUT2D eigenvalue weighted by atomic mass is 32.2. The van der Waals surface area contributed by atoms with Crippen LogP contribution >= 0.6 is 0 Å². The lowest BCUT2D eigenvalue weighted by atomic mass is 10.3. The lowest BCUT2D eigenvalue weighted by molar-refractivity contribution is 0.158. The molecule has 0 rings (SSSR count). The third-order valence-corrected chi connectivity index (χ3v) is 2.37. The normalized spacial score (nSPS) is 13.3. The van der Waals surface area contributed by atoms with Crippen LogP contribution in [0.5, 0.6) is 0 Å². The van der Waals surface area contributed by atoms with E-state index in [2.05, 4.69) is 9.46 Å². The van der Waals surface area contributed by atoms with Crippen molar-refractivity contribution in [2.75, 3.05) is 13.2 Å². The van der Waals surface area contributed by atoms with Gasteiger partial charge < -0.3 is 9.84 Å². The van der Waals surface area contributed by atoms with Crippen molar-refractivity contribution in [3.63, 3.8) is 0 Å². The van der Waals surface area contributed by atoms with Crippen LogP contribution in [0.4, 0.5) is 4.79 Å². The minimum absolute atomic E-state index is 0.0480. The molecule has 0 aromatic rings. The second-order valence-electron chi connectivity index (χ2n) is 2.86. The van der Waals surface area contributed by atoms with Crippen LogP contribution in [0.1, 0.15) is 20.3 Å². The highest BCUT2D eigenvalue weighted by Gasteiger charge is 2.14. The number of hydrogen-bond donors (Lipinski definition) is 3. The van der Waals surface area contributed by atoms with Crippen LogP contribution < -0.4 is 9.44 Å². The third-order valence-electron chi connectivity index (χ3n) is 1.35. The van der Waals surface area contributed by atoms with Crippen molar-refractivity contribution in [1.29, 1.82) is 0 Å². The van der Waals surface area contributed by atoms with E-state index in [9.17, 15) is 13.2 Å². The molecule has 1 amide bonds. The zero-order chi connectivity index (χ0) is 11.9. The van der Waals surface area contributed by atoms with Gasteiger partial charge in [0.1, 0.15) is 0 Å². The zero-order valence-electron chi connectivity index (χ0n) is 8.69. The van der Waals surface area contributed by atoms with Crippen molar-refractivity contribution >= 4 is 16.3 Å². The van der Waals surface area contributed by atoms with Crippen molar-refractivity contribution in [3.8, 4) is 0 Å². The Bertz CT molecular complexity index is 288. The summed E-state index contributed by atoms with van der Waals surface area (Å²) in [6.07, 6.45) is -1.36. The van der Waals surface area contributed by atoms with Crippen LogP contribution in [0, 0.1) is 0 Å². The second-order valence-corrected chi connectivity index (χ2v) is 4.36. The first kappa shape index (κ1) is 14.1. The number of carbonyl (C=O) groups is 1. The van der Waals surface area contributed by atoms with Gasteiger partial charge in [-0.25, -0.2) is 9.52 Å². The number of rotatable bonds is 6. The average Bonchev–Trinajstić information content (AvgIpc) is 2.01. The van der Waals surface area contributed by atoms with Gasteiger partial charge in [0, 0.05) is 6.54 Å². The van der Waals surface area contributed by atoms with Gasteiger partial charge in [0.2, 0.25) is 0 Å². The van der Waals surface area contributed by atoms with E-state index in [0.29, 0.717) is 0 Å². The van der Waals surface area contributed by atoms with E-state index in [4.69, 9.17) is 5.11 Å². The number of aliphatic hydroxyl groups is 1. The summed E-state index contributed by atoms with van der Waals surface area (Å²) in [5, 5.41) is 8.87. The molecule has 1 atom stereocenters. The maximum Gasteiger partial charge on any atom is 0.421 e. The van der Waals surface area contributed by atoms with Gasteiger partial charge in [-0.3, -0.25) is 0 Å². The summed E-state index contributed by atoms with van der Waals surface area (Å²) in [5.41, 5.74) is 0. The Morgan fingerprint density at radius 3 is 2.60 bits per heavy atom. The molecule has 3 N–H and O–H groups in total. The third kappa shape index (κ3) is 8.16. The number of aliphatic hydroxyl groups excluding tert-OH is 1. The highest BCUT2D eigenvalue weighted by Crippen LogP contribution is 1.88. The summed E-state index contributed by atoms with van der Waals surface area (Å²) in [6, 6.07) is 0. The lowest BCUT2D eigenvalue weighted by Crippen LogP contribution is -2.41. The fraction of sp³-hybridized carbons (Fsp3) is 0.857. The topological polar surface area (TPSA) is 105 Å². The standard InChI is InChI=1S/C7H16N2O5S/c1-3-14-7(11)9-15(12,13)8-5-4-6(2)10/h6,8,10H,3-5H2,1-2H3,(H,9,11). The molecular weight excluding hydrogens is 224 g/mol. The Morgan fingerprint density at radius 1 is 1.53 bits per heavy atom. The largest absolute Gasteiger partial charge is 0.449 e. The SMILES string of the molecule is CCOC(=O)NS(=O)(=O)NCCC(C)O. The fourth-order valence-corrected chi connectivity index (χ4v) is 1.45. The Kier molecular flexibility index (Phi) is 6.21. The monoisotopic (exact) mass is 240 g/mol. The minimum Gasteiger partial charge on any atom is -0.449 e. The molecule has 0 fully saturated rings. The number of hydrogen-bond acceptors (Lipinski definition) is 5. The van der Waals surface area contributed by atoms with Gasteiger partial charge in [0.15, 0.2) is 0 Å². The Hall–Kier alpha value is -0.860. The molecule has 0 radical (unpaired) electrons.